The predicted octanol–water partition coefficient (Wildman–Crippen LogP) is 0.541. The lowest BCUT2D eigenvalue weighted by Gasteiger charge is -2.12. The Morgan fingerprint density at radius 1 is 1.28 bits per heavy atom. The Morgan fingerprint density at radius 2 is 1.94 bits per heavy atom. The van der Waals surface area contributed by atoms with Crippen molar-refractivity contribution < 1.29 is 15.0 Å². The topological polar surface area (TPSA) is 81.6 Å². The van der Waals surface area contributed by atoms with Gasteiger partial charge in [0.05, 0.1) is 6.10 Å². The Hall–Kier alpha value is -1.59. The van der Waals surface area contributed by atoms with E-state index in [1.165, 1.54) is 0 Å². The highest BCUT2D eigenvalue weighted by molar-refractivity contribution is 5.75. The van der Waals surface area contributed by atoms with Crippen molar-refractivity contribution in [2.24, 2.45) is 0 Å². The second-order valence-corrected chi connectivity index (χ2v) is 4.01. The van der Waals surface area contributed by atoms with Crippen molar-refractivity contribution in [2.75, 3.05) is 19.6 Å². The molecule has 0 saturated heterocycles. The number of rotatable bonds is 7. The van der Waals surface area contributed by atoms with E-state index in [4.69, 9.17) is 5.11 Å². The average molecular weight is 252 g/mol. The smallest absolute Gasteiger partial charge is 0.219 e. The van der Waals surface area contributed by atoms with Gasteiger partial charge in [0.1, 0.15) is 5.75 Å². The van der Waals surface area contributed by atoms with Crippen molar-refractivity contribution in [3.05, 3.63) is 29.8 Å². The molecule has 1 aromatic rings. The highest BCUT2D eigenvalue weighted by Crippen LogP contribution is 2.15. The number of aliphatic hydroxyl groups excluding tert-OH is 1. The van der Waals surface area contributed by atoms with E-state index in [2.05, 4.69) is 10.6 Å². The molecule has 0 aromatic heterocycles. The number of nitrogens with one attached hydrogen (secondary N) is 2. The number of carbonyl (C=O) groups is 1. The number of aliphatic hydroxyl groups is 1. The largest absolute Gasteiger partial charge is 0.508 e. The summed E-state index contributed by atoms with van der Waals surface area (Å²) in [7, 11) is 0. The highest BCUT2D eigenvalue weighted by atomic mass is 16.3. The summed E-state index contributed by atoms with van der Waals surface area (Å²) in [5, 5.41) is 24.7. The molecule has 0 radical (unpaired) electrons. The van der Waals surface area contributed by atoms with Gasteiger partial charge in [0, 0.05) is 26.1 Å². The summed E-state index contributed by atoms with van der Waals surface area (Å²) in [6.45, 7) is 3.37. The lowest BCUT2D eigenvalue weighted by molar-refractivity contribution is -0.120. The van der Waals surface area contributed by atoms with Crippen LogP contribution in [0, 0.1) is 0 Å². The Balaban J connectivity index is 2.19. The van der Waals surface area contributed by atoms with Crippen LogP contribution in [0.15, 0.2) is 24.3 Å². The fourth-order valence-electron chi connectivity index (χ4n) is 1.47. The van der Waals surface area contributed by atoms with Gasteiger partial charge < -0.3 is 20.8 Å². The van der Waals surface area contributed by atoms with Gasteiger partial charge in [-0.3, -0.25) is 4.79 Å². The molecule has 4 N–H and O–H groups in total. The van der Waals surface area contributed by atoms with Crippen LogP contribution in [0.2, 0.25) is 0 Å². The zero-order chi connectivity index (χ0) is 13.4. The molecule has 0 aliphatic rings. The van der Waals surface area contributed by atoms with Crippen LogP contribution in [0.5, 0.6) is 5.75 Å². The zero-order valence-corrected chi connectivity index (χ0v) is 10.5. The minimum Gasteiger partial charge on any atom is -0.508 e. The van der Waals surface area contributed by atoms with Gasteiger partial charge in [0.25, 0.3) is 0 Å². The summed E-state index contributed by atoms with van der Waals surface area (Å²) < 4.78 is 0. The third-order valence-corrected chi connectivity index (χ3v) is 2.56. The molecule has 1 unspecified atom stereocenters. The molecule has 18 heavy (non-hydrogen) atoms. The molecule has 0 fully saturated rings. The molecule has 1 atom stereocenters. The van der Waals surface area contributed by atoms with Crippen molar-refractivity contribution in [1.29, 1.82) is 0 Å². The first-order chi connectivity index (χ1) is 8.63. The molecule has 0 saturated carbocycles. The van der Waals surface area contributed by atoms with Crippen molar-refractivity contribution >= 4 is 5.91 Å². The molecule has 0 bridgehead atoms. The van der Waals surface area contributed by atoms with Crippen LogP contribution in [0.3, 0.4) is 0 Å². The Kier molecular flexibility index (Phi) is 6.18. The van der Waals surface area contributed by atoms with Crippen molar-refractivity contribution in [3.8, 4) is 5.75 Å². The summed E-state index contributed by atoms with van der Waals surface area (Å²) in [6.07, 6.45) is -0.136. The molecule has 5 nitrogen and oxygen atoms in total. The number of phenolic OH excluding ortho intramolecular Hbond substituents is 1. The Morgan fingerprint density at radius 3 is 2.56 bits per heavy atom. The average Bonchev–Trinajstić information content (AvgIpc) is 2.38. The summed E-state index contributed by atoms with van der Waals surface area (Å²) in [5.74, 6) is 0.206. The van der Waals surface area contributed by atoms with E-state index in [0.717, 1.165) is 5.56 Å². The van der Waals surface area contributed by atoms with E-state index in [1.54, 1.807) is 31.2 Å². The maximum absolute atomic E-state index is 11.0. The van der Waals surface area contributed by atoms with Gasteiger partial charge >= 0.3 is 0 Å². The van der Waals surface area contributed by atoms with Crippen LogP contribution in [0.1, 0.15) is 25.0 Å². The van der Waals surface area contributed by atoms with E-state index in [0.29, 0.717) is 26.1 Å². The number of hydrogen-bond acceptors (Lipinski definition) is 4. The van der Waals surface area contributed by atoms with Gasteiger partial charge in [0.15, 0.2) is 0 Å². The fraction of sp³-hybridized carbons (Fsp3) is 0.462. The molecule has 1 amide bonds. The predicted molar refractivity (Wildman–Crippen MR) is 69.2 cm³/mol. The molecule has 1 aromatic carbocycles. The first-order valence-electron chi connectivity index (χ1n) is 6.08. The number of aromatic hydroxyl groups is 1. The number of phenols is 1. The third-order valence-electron chi connectivity index (χ3n) is 2.56. The lowest BCUT2D eigenvalue weighted by Crippen LogP contribution is -2.33. The molecule has 1 rings (SSSR count). The fourth-order valence-corrected chi connectivity index (χ4v) is 1.47. The third kappa shape index (κ3) is 5.16. The first kappa shape index (κ1) is 14.5. The van der Waals surface area contributed by atoms with Crippen LogP contribution in [-0.2, 0) is 4.79 Å². The highest BCUT2D eigenvalue weighted by Gasteiger charge is 2.06. The first-order valence-corrected chi connectivity index (χ1v) is 6.08. The number of hydrogen-bond donors (Lipinski definition) is 4. The Labute approximate surface area is 107 Å². The molecule has 5 heteroatoms. The second kappa shape index (κ2) is 7.68. The van der Waals surface area contributed by atoms with Crippen molar-refractivity contribution in [2.45, 2.75) is 19.4 Å². The van der Waals surface area contributed by atoms with E-state index in [9.17, 15) is 9.90 Å². The van der Waals surface area contributed by atoms with Crippen molar-refractivity contribution in [1.82, 2.24) is 10.6 Å². The number of benzene rings is 1. The van der Waals surface area contributed by atoms with Gasteiger partial charge in [-0.2, -0.15) is 0 Å². The van der Waals surface area contributed by atoms with Gasteiger partial charge in [-0.1, -0.05) is 19.1 Å². The maximum atomic E-state index is 11.0. The molecule has 0 aliphatic carbocycles. The summed E-state index contributed by atoms with van der Waals surface area (Å²) in [4.78, 5) is 11.0. The monoisotopic (exact) mass is 252 g/mol. The quantitative estimate of drug-likeness (QED) is 0.534. The van der Waals surface area contributed by atoms with E-state index >= 15 is 0 Å². The van der Waals surface area contributed by atoms with E-state index in [1.807, 2.05) is 0 Å². The minimum absolute atomic E-state index is 0.0240. The maximum Gasteiger partial charge on any atom is 0.219 e. The summed E-state index contributed by atoms with van der Waals surface area (Å²) in [6, 6.07) is 6.45. The second-order valence-electron chi connectivity index (χ2n) is 4.01. The van der Waals surface area contributed by atoms with Gasteiger partial charge in [0.2, 0.25) is 5.91 Å². The minimum atomic E-state index is -0.618. The molecule has 100 valence electrons. The van der Waals surface area contributed by atoms with Crippen LogP contribution in [0.4, 0.5) is 0 Å². The molecule has 0 aliphatic heterocycles. The van der Waals surface area contributed by atoms with Gasteiger partial charge in [-0.15, -0.1) is 0 Å². The lowest BCUT2D eigenvalue weighted by atomic mass is 10.1. The van der Waals surface area contributed by atoms with Gasteiger partial charge in [-0.25, -0.2) is 0 Å². The van der Waals surface area contributed by atoms with Gasteiger partial charge in [-0.05, 0) is 17.7 Å². The molecule has 0 heterocycles. The SMILES string of the molecule is CCC(=O)NCCNCC(O)c1ccc(O)cc1. The normalized spacial score (nSPS) is 12.1. The molecular weight excluding hydrogens is 232 g/mol. The Bertz CT molecular complexity index is 365. The van der Waals surface area contributed by atoms with E-state index < -0.39 is 6.10 Å². The van der Waals surface area contributed by atoms with Crippen LogP contribution in [-0.4, -0.2) is 35.8 Å². The molecular formula is C13H20N2O3. The zero-order valence-electron chi connectivity index (χ0n) is 10.5. The van der Waals surface area contributed by atoms with Crippen LogP contribution in [0.25, 0.3) is 0 Å². The summed E-state index contributed by atoms with van der Waals surface area (Å²) >= 11 is 0. The van der Waals surface area contributed by atoms with E-state index in [-0.39, 0.29) is 11.7 Å². The number of carbonyl (C=O) groups excluding carboxylic acids is 1. The summed E-state index contributed by atoms with van der Waals surface area (Å²) in [5.41, 5.74) is 0.748. The van der Waals surface area contributed by atoms with Crippen molar-refractivity contribution in [3.63, 3.8) is 0 Å². The molecule has 0 spiro atoms. The standard InChI is InChI=1S/C13H20N2O3/c1-2-13(18)15-8-7-14-9-12(17)10-3-5-11(16)6-4-10/h3-6,12,14,16-17H,2,7-9H2,1H3,(H,15,18). The van der Waals surface area contributed by atoms with Crippen LogP contribution >= 0.6 is 0 Å². The van der Waals surface area contributed by atoms with Crippen LogP contribution < -0.4 is 10.6 Å². The number of amides is 1.